The lowest BCUT2D eigenvalue weighted by molar-refractivity contribution is -0.121. The van der Waals surface area contributed by atoms with Crippen molar-refractivity contribution in [2.75, 3.05) is 27.0 Å². The molecule has 0 aromatic heterocycles. The van der Waals surface area contributed by atoms with Gasteiger partial charge >= 0.3 is 7.60 Å². The Hall–Kier alpha value is -0.00312. The molecule has 120 valence electrons. The maximum atomic E-state index is 12.0. The van der Waals surface area contributed by atoms with Crippen LogP contribution in [0.4, 0.5) is 0 Å². The van der Waals surface area contributed by atoms with Crippen molar-refractivity contribution in [1.82, 2.24) is 0 Å². The van der Waals surface area contributed by atoms with E-state index in [9.17, 15) is 9.36 Å². The maximum absolute atomic E-state index is 12.0. The lowest BCUT2D eigenvalue weighted by atomic mass is 10.1. The van der Waals surface area contributed by atoms with Gasteiger partial charge in [0.1, 0.15) is 11.9 Å². The molecule has 0 N–H and O–H groups in total. The number of carbonyl (C=O) groups excluding carboxylic acids is 1. The predicted octanol–water partition coefficient (Wildman–Crippen LogP) is 3.70. The number of hydrogen-bond acceptors (Lipinski definition) is 5. The number of hydrogen-bond donors (Lipinski definition) is 0. The van der Waals surface area contributed by atoms with Crippen molar-refractivity contribution < 1.29 is 22.8 Å². The second-order valence-corrected chi connectivity index (χ2v) is 13.7. The average Bonchev–Trinajstić information content (AvgIpc) is 2.34. The maximum Gasteiger partial charge on any atom is 0.337 e. The van der Waals surface area contributed by atoms with Crippen LogP contribution in [0.25, 0.3) is 0 Å². The van der Waals surface area contributed by atoms with Crippen molar-refractivity contribution in [3.63, 3.8) is 0 Å². The molecule has 0 amide bonds. The highest BCUT2D eigenvalue weighted by Gasteiger charge is 2.38. The highest BCUT2D eigenvalue weighted by Crippen LogP contribution is 2.46. The SMILES string of the molecule is COP(=O)(CC(=O)[C@H](C)CO[Si](C)(C)C(C)(C)C)OC. The van der Waals surface area contributed by atoms with Crippen LogP contribution in [-0.2, 0) is 22.8 Å². The molecule has 0 aliphatic carbocycles. The lowest BCUT2D eigenvalue weighted by Gasteiger charge is -2.36. The van der Waals surface area contributed by atoms with Crippen LogP contribution in [0.1, 0.15) is 27.7 Å². The molecular formula is C13H29O5PSi. The molecule has 0 aromatic carbocycles. The first-order valence-electron chi connectivity index (χ1n) is 6.76. The van der Waals surface area contributed by atoms with Crippen molar-refractivity contribution in [2.24, 2.45) is 5.92 Å². The van der Waals surface area contributed by atoms with Gasteiger partial charge in [0.15, 0.2) is 8.32 Å². The molecule has 0 radical (unpaired) electrons. The standard InChI is InChI=1S/C13H29O5PSi/c1-11(9-18-20(7,8)13(2,3)4)12(14)10-19(15,16-5)17-6/h11H,9-10H2,1-8H3/t11-/m1/s1. The Morgan fingerprint density at radius 2 is 1.65 bits per heavy atom. The van der Waals surface area contributed by atoms with Crippen molar-refractivity contribution in [3.8, 4) is 0 Å². The van der Waals surface area contributed by atoms with E-state index in [4.69, 9.17) is 13.5 Å². The first-order valence-corrected chi connectivity index (χ1v) is 11.4. The van der Waals surface area contributed by atoms with E-state index in [1.54, 1.807) is 6.92 Å². The molecule has 0 bridgehead atoms. The Morgan fingerprint density at radius 1 is 1.20 bits per heavy atom. The minimum absolute atomic E-state index is 0.101. The van der Waals surface area contributed by atoms with Crippen LogP contribution in [0.5, 0.6) is 0 Å². The van der Waals surface area contributed by atoms with E-state index in [2.05, 4.69) is 33.9 Å². The van der Waals surface area contributed by atoms with E-state index in [1.807, 2.05) is 0 Å². The monoisotopic (exact) mass is 324 g/mol. The summed E-state index contributed by atoms with van der Waals surface area (Å²) in [6, 6.07) is 0. The third-order valence-corrected chi connectivity index (χ3v) is 10.3. The fourth-order valence-electron chi connectivity index (χ4n) is 1.19. The van der Waals surface area contributed by atoms with Gasteiger partial charge in [-0.3, -0.25) is 9.36 Å². The van der Waals surface area contributed by atoms with Crippen molar-refractivity contribution in [2.45, 2.75) is 45.8 Å². The van der Waals surface area contributed by atoms with Gasteiger partial charge in [-0.05, 0) is 18.1 Å². The predicted molar refractivity (Wildman–Crippen MR) is 83.8 cm³/mol. The highest BCUT2D eigenvalue weighted by molar-refractivity contribution is 7.54. The van der Waals surface area contributed by atoms with Gasteiger partial charge in [0.2, 0.25) is 0 Å². The Labute approximate surface area is 124 Å². The quantitative estimate of drug-likeness (QED) is 0.503. The zero-order chi connectivity index (χ0) is 16.2. The Balaban J connectivity index is 4.53. The Bertz CT molecular complexity index is 367. The summed E-state index contributed by atoms with van der Waals surface area (Å²) >= 11 is 0. The summed E-state index contributed by atoms with van der Waals surface area (Å²) in [5, 5.41) is 0.101. The molecule has 0 unspecified atom stereocenters. The van der Waals surface area contributed by atoms with Crippen molar-refractivity contribution >= 4 is 21.7 Å². The molecule has 0 heterocycles. The molecule has 0 saturated heterocycles. The van der Waals surface area contributed by atoms with Crippen LogP contribution >= 0.6 is 7.60 Å². The molecule has 0 fully saturated rings. The van der Waals surface area contributed by atoms with Crippen LogP contribution in [-0.4, -0.2) is 41.1 Å². The summed E-state index contributed by atoms with van der Waals surface area (Å²) in [6.45, 7) is 12.9. The van der Waals surface area contributed by atoms with Crippen molar-refractivity contribution in [1.29, 1.82) is 0 Å². The molecule has 0 saturated carbocycles. The summed E-state index contributed by atoms with van der Waals surface area (Å²) in [4.78, 5) is 12.0. The first kappa shape index (κ1) is 20.0. The zero-order valence-electron chi connectivity index (χ0n) is 14.0. The van der Waals surface area contributed by atoms with Crippen LogP contribution in [0.2, 0.25) is 18.1 Å². The topological polar surface area (TPSA) is 61.8 Å². The summed E-state index contributed by atoms with van der Waals surface area (Å²) in [5.41, 5.74) is 0. The largest absolute Gasteiger partial charge is 0.416 e. The Morgan fingerprint density at radius 3 is 2.00 bits per heavy atom. The van der Waals surface area contributed by atoms with Gasteiger partial charge in [0, 0.05) is 26.7 Å². The van der Waals surface area contributed by atoms with Gasteiger partial charge in [-0.2, -0.15) is 0 Å². The number of carbonyl (C=O) groups is 1. The molecule has 5 nitrogen and oxygen atoms in total. The third kappa shape index (κ3) is 5.78. The normalized spacial score (nSPS) is 15.2. The number of rotatable bonds is 8. The van der Waals surface area contributed by atoms with E-state index < -0.39 is 15.9 Å². The van der Waals surface area contributed by atoms with Crippen LogP contribution in [0.15, 0.2) is 0 Å². The van der Waals surface area contributed by atoms with Gasteiger partial charge in [-0.15, -0.1) is 0 Å². The first-order chi connectivity index (χ1) is 8.88. The fourth-order valence-corrected chi connectivity index (χ4v) is 3.39. The highest BCUT2D eigenvalue weighted by atomic mass is 31.2. The molecule has 0 aromatic rings. The van der Waals surface area contributed by atoms with Crippen LogP contribution in [0, 0.1) is 5.92 Å². The fraction of sp³-hybridized carbons (Fsp3) is 0.923. The molecule has 7 heteroatoms. The van der Waals surface area contributed by atoms with Gasteiger partial charge in [0.05, 0.1) is 0 Å². The molecule has 1 atom stereocenters. The second-order valence-electron chi connectivity index (χ2n) is 6.57. The molecular weight excluding hydrogens is 295 g/mol. The van der Waals surface area contributed by atoms with Gasteiger partial charge in [0.25, 0.3) is 0 Å². The van der Waals surface area contributed by atoms with Gasteiger partial charge in [-0.1, -0.05) is 27.7 Å². The minimum Gasteiger partial charge on any atom is -0.416 e. The minimum atomic E-state index is -3.28. The van der Waals surface area contributed by atoms with E-state index in [-0.39, 0.29) is 22.9 Å². The number of Topliss-reactive ketones (excluding diaryl/α,β-unsaturated/α-hetero) is 1. The van der Waals surface area contributed by atoms with Gasteiger partial charge in [-0.25, -0.2) is 0 Å². The Kier molecular flexibility index (Phi) is 7.32. The lowest BCUT2D eigenvalue weighted by Crippen LogP contribution is -2.42. The molecule has 0 aliphatic rings. The van der Waals surface area contributed by atoms with Crippen LogP contribution in [0.3, 0.4) is 0 Å². The van der Waals surface area contributed by atoms with E-state index in [0.29, 0.717) is 6.61 Å². The average molecular weight is 324 g/mol. The molecule has 0 rings (SSSR count). The third-order valence-electron chi connectivity index (χ3n) is 3.96. The van der Waals surface area contributed by atoms with E-state index in [1.165, 1.54) is 14.2 Å². The smallest absolute Gasteiger partial charge is 0.337 e. The molecule has 0 spiro atoms. The van der Waals surface area contributed by atoms with E-state index >= 15 is 0 Å². The van der Waals surface area contributed by atoms with Crippen LogP contribution < -0.4 is 0 Å². The molecule has 20 heavy (non-hydrogen) atoms. The zero-order valence-corrected chi connectivity index (χ0v) is 15.9. The summed E-state index contributed by atoms with van der Waals surface area (Å²) in [6.07, 6.45) is -0.206. The second kappa shape index (κ2) is 7.32. The molecule has 0 aliphatic heterocycles. The summed E-state index contributed by atoms with van der Waals surface area (Å²) < 4.78 is 27.5. The summed E-state index contributed by atoms with van der Waals surface area (Å²) in [5.74, 6) is -0.474. The van der Waals surface area contributed by atoms with E-state index in [0.717, 1.165) is 0 Å². The summed E-state index contributed by atoms with van der Waals surface area (Å²) in [7, 11) is -2.58. The number of ketones is 1. The van der Waals surface area contributed by atoms with Crippen molar-refractivity contribution in [3.05, 3.63) is 0 Å². The van der Waals surface area contributed by atoms with Gasteiger partial charge < -0.3 is 13.5 Å².